The number of benzene rings is 1. The molecule has 0 aliphatic rings. The van der Waals surface area contributed by atoms with E-state index in [0.29, 0.717) is 6.61 Å². The van der Waals surface area contributed by atoms with Crippen molar-refractivity contribution in [2.24, 2.45) is 0 Å². The Balaban J connectivity index is 2.66. The topological polar surface area (TPSA) is 35.2 Å². The molecule has 14 heavy (non-hydrogen) atoms. The summed E-state index contributed by atoms with van der Waals surface area (Å²) in [4.78, 5) is 1.28. The SMILES string of the molecule is CCOc1cc(N)cc2sc(C)cc12. The van der Waals surface area contributed by atoms with Gasteiger partial charge in [0, 0.05) is 26.7 Å². The minimum absolute atomic E-state index is 0.674. The zero-order chi connectivity index (χ0) is 10.1. The van der Waals surface area contributed by atoms with Crippen LogP contribution in [0.3, 0.4) is 0 Å². The molecule has 1 aromatic heterocycles. The number of hydrogen-bond donors (Lipinski definition) is 1. The first kappa shape index (κ1) is 9.34. The maximum absolute atomic E-state index is 5.79. The Morgan fingerprint density at radius 3 is 2.86 bits per heavy atom. The van der Waals surface area contributed by atoms with Crippen LogP contribution in [0, 0.1) is 6.92 Å². The molecule has 0 saturated carbocycles. The van der Waals surface area contributed by atoms with Gasteiger partial charge in [-0.15, -0.1) is 11.3 Å². The number of anilines is 1. The summed E-state index contributed by atoms with van der Waals surface area (Å²) in [5.74, 6) is 0.895. The second-order valence-electron chi connectivity index (χ2n) is 3.22. The molecule has 0 radical (unpaired) electrons. The van der Waals surface area contributed by atoms with E-state index < -0.39 is 0 Å². The summed E-state index contributed by atoms with van der Waals surface area (Å²) in [5, 5.41) is 1.17. The van der Waals surface area contributed by atoms with E-state index in [2.05, 4.69) is 13.0 Å². The highest BCUT2D eigenvalue weighted by atomic mass is 32.1. The maximum atomic E-state index is 5.79. The van der Waals surface area contributed by atoms with Crippen LogP contribution < -0.4 is 10.5 Å². The smallest absolute Gasteiger partial charge is 0.130 e. The maximum Gasteiger partial charge on any atom is 0.130 e. The van der Waals surface area contributed by atoms with Gasteiger partial charge in [-0.2, -0.15) is 0 Å². The molecule has 1 heterocycles. The predicted octanol–water partition coefficient (Wildman–Crippen LogP) is 3.19. The zero-order valence-corrected chi connectivity index (χ0v) is 9.15. The van der Waals surface area contributed by atoms with Crippen molar-refractivity contribution in [2.75, 3.05) is 12.3 Å². The fraction of sp³-hybridized carbons (Fsp3) is 0.273. The van der Waals surface area contributed by atoms with Crippen molar-refractivity contribution in [3.05, 3.63) is 23.1 Å². The first-order valence-corrected chi connectivity index (χ1v) is 5.45. The quantitative estimate of drug-likeness (QED) is 0.767. The molecule has 2 N–H and O–H groups in total. The van der Waals surface area contributed by atoms with E-state index in [1.54, 1.807) is 11.3 Å². The third-order valence-electron chi connectivity index (χ3n) is 2.04. The predicted molar refractivity (Wildman–Crippen MR) is 62.1 cm³/mol. The molecule has 2 aromatic rings. The highest BCUT2D eigenvalue weighted by molar-refractivity contribution is 7.19. The number of ether oxygens (including phenoxy) is 1. The Labute approximate surface area is 87.3 Å². The molecule has 0 spiro atoms. The lowest BCUT2D eigenvalue weighted by molar-refractivity contribution is 0.344. The van der Waals surface area contributed by atoms with Crippen molar-refractivity contribution < 1.29 is 4.74 Å². The van der Waals surface area contributed by atoms with E-state index in [0.717, 1.165) is 11.4 Å². The molecule has 0 aliphatic heterocycles. The second-order valence-corrected chi connectivity index (χ2v) is 4.51. The highest BCUT2D eigenvalue weighted by Crippen LogP contribution is 2.34. The van der Waals surface area contributed by atoms with Gasteiger partial charge in [-0.05, 0) is 26.0 Å². The van der Waals surface area contributed by atoms with E-state index in [-0.39, 0.29) is 0 Å². The third-order valence-corrected chi connectivity index (χ3v) is 3.04. The molecule has 3 heteroatoms. The summed E-state index contributed by atoms with van der Waals surface area (Å²) in [6.07, 6.45) is 0. The van der Waals surface area contributed by atoms with Crippen LogP contribution >= 0.6 is 11.3 Å². The average molecular weight is 207 g/mol. The van der Waals surface area contributed by atoms with Crippen LogP contribution in [0.5, 0.6) is 5.75 Å². The molecule has 0 fully saturated rings. The van der Waals surface area contributed by atoms with Gasteiger partial charge in [-0.25, -0.2) is 0 Å². The van der Waals surface area contributed by atoms with Gasteiger partial charge in [0.15, 0.2) is 0 Å². The normalized spacial score (nSPS) is 10.7. The van der Waals surface area contributed by atoms with E-state index in [1.807, 2.05) is 19.1 Å². The molecular weight excluding hydrogens is 194 g/mol. The van der Waals surface area contributed by atoms with Gasteiger partial charge in [0.2, 0.25) is 0 Å². The van der Waals surface area contributed by atoms with Crippen LogP contribution in [0.25, 0.3) is 10.1 Å². The molecule has 2 nitrogen and oxygen atoms in total. The van der Waals surface area contributed by atoms with E-state index >= 15 is 0 Å². The van der Waals surface area contributed by atoms with Crippen LogP contribution in [-0.2, 0) is 0 Å². The molecule has 0 atom stereocenters. The van der Waals surface area contributed by atoms with Gasteiger partial charge in [-0.1, -0.05) is 0 Å². The number of nitrogen functional groups attached to an aromatic ring is 1. The molecule has 0 amide bonds. The lowest BCUT2D eigenvalue weighted by Gasteiger charge is -2.05. The molecule has 0 unspecified atom stereocenters. The Morgan fingerprint density at radius 1 is 1.36 bits per heavy atom. The number of aryl methyl sites for hydroxylation is 1. The van der Waals surface area contributed by atoms with Crippen molar-refractivity contribution in [3.63, 3.8) is 0 Å². The number of hydrogen-bond acceptors (Lipinski definition) is 3. The minimum Gasteiger partial charge on any atom is -0.493 e. The van der Waals surface area contributed by atoms with Crippen LogP contribution in [0.4, 0.5) is 5.69 Å². The molecule has 2 rings (SSSR count). The third kappa shape index (κ3) is 1.55. The monoisotopic (exact) mass is 207 g/mol. The summed E-state index contributed by atoms with van der Waals surface area (Å²) in [6.45, 7) is 4.75. The largest absolute Gasteiger partial charge is 0.493 e. The van der Waals surface area contributed by atoms with Crippen LogP contribution in [0.1, 0.15) is 11.8 Å². The minimum atomic E-state index is 0.674. The summed E-state index contributed by atoms with van der Waals surface area (Å²) in [7, 11) is 0. The average Bonchev–Trinajstić information content (AvgIpc) is 2.45. The Bertz CT molecular complexity index is 462. The van der Waals surface area contributed by atoms with Gasteiger partial charge >= 0.3 is 0 Å². The summed E-state index contributed by atoms with van der Waals surface area (Å²) in [5.41, 5.74) is 6.56. The molecule has 0 aliphatic carbocycles. The van der Waals surface area contributed by atoms with Crippen molar-refractivity contribution in [1.29, 1.82) is 0 Å². The first-order chi connectivity index (χ1) is 6.70. The molecule has 74 valence electrons. The zero-order valence-electron chi connectivity index (χ0n) is 8.33. The van der Waals surface area contributed by atoms with Crippen LogP contribution in [-0.4, -0.2) is 6.61 Å². The summed E-state index contributed by atoms with van der Waals surface area (Å²) < 4.78 is 6.74. The second kappa shape index (κ2) is 3.50. The lowest BCUT2D eigenvalue weighted by Crippen LogP contribution is -1.93. The van der Waals surface area contributed by atoms with Crippen molar-refractivity contribution in [3.8, 4) is 5.75 Å². The van der Waals surface area contributed by atoms with E-state index in [9.17, 15) is 0 Å². The lowest BCUT2D eigenvalue weighted by atomic mass is 10.2. The standard InChI is InChI=1S/C11H13NOS/c1-3-13-10-5-8(12)6-11-9(10)4-7(2)14-11/h4-6H,3,12H2,1-2H3. The van der Waals surface area contributed by atoms with E-state index in [1.165, 1.54) is 15.0 Å². The first-order valence-electron chi connectivity index (χ1n) is 4.63. The molecule has 0 bridgehead atoms. The molecule has 1 aromatic carbocycles. The Morgan fingerprint density at radius 2 is 2.14 bits per heavy atom. The van der Waals surface area contributed by atoms with Crippen LogP contribution in [0.2, 0.25) is 0 Å². The Kier molecular flexibility index (Phi) is 2.33. The summed E-state index contributed by atoms with van der Waals surface area (Å²) >= 11 is 1.75. The number of rotatable bonds is 2. The number of nitrogens with two attached hydrogens (primary N) is 1. The molecule has 0 saturated heterocycles. The van der Waals surface area contributed by atoms with E-state index in [4.69, 9.17) is 10.5 Å². The van der Waals surface area contributed by atoms with Gasteiger partial charge in [-0.3, -0.25) is 0 Å². The van der Waals surface area contributed by atoms with Gasteiger partial charge < -0.3 is 10.5 Å². The fourth-order valence-electron chi connectivity index (χ4n) is 1.53. The van der Waals surface area contributed by atoms with Crippen molar-refractivity contribution in [1.82, 2.24) is 0 Å². The van der Waals surface area contributed by atoms with Gasteiger partial charge in [0.25, 0.3) is 0 Å². The van der Waals surface area contributed by atoms with Gasteiger partial charge in [0.05, 0.1) is 6.61 Å². The van der Waals surface area contributed by atoms with Gasteiger partial charge in [0.1, 0.15) is 5.75 Å². The fourth-order valence-corrected chi connectivity index (χ4v) is 2.52. The van der Waals surface area contributed by atoms with Crippen molar-refractivity contribution in [2.45, 2.75) is 13.8 Å². The molecular formula is C11H13NOS. The number of thiophene rings is 1. The summed E-state index contributed by atoms with van der Waals surface area (Å²) in [6, 6.07) is 6.03. The van der Waals surface area contributed by atoms with Crippen molar-refractivity contribution >= 4 is 27.1 Å². The van der Waals surface area contributed by atoms with Crippen LogP contribution in [0.15, 0.2) is 18.2 Å². The Hall–Kier alpha value is -1.22. The number of fused-ring (bicyclic) bond motifs is 1. The highest BCUT2D eigenvalue weighted by Gasteiger charge is 2.06.